The van der Waals surface area contributed by atoms with Crippen molar-refractivity contribution < 1.29 is 4.79 Å². The van der Waals surface area contributed by atoms with Crippen LogP contribution in [0.4, 0.5) is 0 Å². The monoisotopic (exact) mass is 301 g/mol. The van der Waals surface area contributed by atoms with Crippen molar-refractivity contribution in [2.75, 3.05) is 0 Å². The van der Waals surface area contributed by atoms with E-state index in [1.165, 1.54) is 47.9 Å². The minimum atomic E-state index is 0.623. The van der Waals surface area contributed by atoms with E-state index in [1.54, 1.807) is 0 Å². The molecule has 0 aliphatic heterocycles. The maximum atomic E-state index is 10.9. The lowest BCUT2D eigenvalue weighted by Crippen LogP contribution is -1.92. The van der Waals surface area contributed by atoms with E-state index in [0.717, 1.165) is 17.2 Å². The summed E-state index contributed by atoms with van der Waals surface area (Å²) in [6.45, 7) is 0. The molecule has 1 aliphatic carbocycles. The van der Waals surface area contributed by atoms with Crippen LogP contribution in [-0.2, 0) is 0 Å². The summed E-state index contributed by atoms with van der Waals surface area (Å²) in [5.41, 5.74) is 6.85. The number of nitrogens with one attached hydrogen (secondary N) is 1. The van der Waals surface area contributed by atoms with Crippen LogP contribution >= 0.6 is 0 Å². The van der Waals surface area contributed by atoms with Gasteiger partial charge in [-0.2, -0.15) is 0 Å². The number of hydrogen-bond acceptors (Lipinski definition) is 1. The van der Waals surface area contributed by atoms with Gasteiger partial charge in [0.05, 0.1) is 5.69 Å². The highest BCUT2D eigenvalue weighted by atomic mass is 16.1. The largest absolute Gasteiger partial charge is 0.352 e. The highest BCUT2D eigenvalue weighted by Gasteiger charge is 2.08. The van der Waals surface area contributed by atoms with Crippen molar-refractivity contribution in [1.29, 1.82) is 0 Å². The molecular weight excluding hydrogens is 282 g/mol. The molecular formula is C21H19NO. The third-order valence-corrected chi connectivity index (χ3v) is 4.63. The summed E-state index contributed by atoms with van der Waals surface area (Å²) in [7, 11) is 0. The second kappa shape index (κ2) is 5.88. The topological polar surface area (TPSA) is 32.9 Å². The number of rotatable bonds is 3. The zero-order valence-corrected chi connectivity index (χ0v) is 13.0. The molecule has 1 heterocycles. The molecule has 0 fully saturated rings. The van der Waals surface area contributed by atoms with E-state index in [9.17, 15) is 4.79 Å². The lowest BCUT2D eigenvalue weighted by Gasteiger charge is -2.14. The Balaban J connectivity index is 1.75. The molecule has 4 rings (SSSR count). The number of aldehydes is 1. The molecule has 0 spiro atoms. The van der Waals surface area contributed by atoms with E-state index in [2.05, 4.69) is 47.5 Å². The summed E-state index contributed by atoms with van der Waals surface area (Å²) >= 11 is 0. The van der Waals surface area contributed by atoms with Gasteiger partial charge in [0, 0.05) is 10.9 Å². The van der Waals surface area contributed by atoms with Gasteiger partial charge >= 0.3 is 0 Å². The van der Waals surface area contributed by atoms with Crippen LogP contribution in [0.3, 0.4) is 0 Å². The Morgan fingerprint density at radius 2 is 1.78 bits per heavy atom. The van der Waals surface area contributed by atoms with Crippen LogP contribution in [0.1, 0.15) is 41.7 Å². The second-order valence-corrected chi connectivity index (χ2v) is 6.20. The molecule has 2 nitrogen and oxygen atoms in total. The van der Waals surface area contributed by atoms with Crippen molar-refractivity contribution >= 4 is 22.8 Å². The third-order valence-electron chi connectivity index (χ3n) is 4.63. The van der Waals surface area contributed by atoms with Crippen LogP contribution in [0.25, 0.3) is 27.6 Å². The molecule has 0 saturated heterocycles. The van der Waals surface area contributed by atoms with Crippen LogP contribution in [0.15, 0.2) is 54.6 Å². The third kappa shape index (κ3) is 2.72. The zero-order chi connectivity index (χ0) is 15.6. The molecule has 2 heteroatoms. The second-order valence-electron chi connectivity index (χ2n) is 6.20. The first-order chi connectivity index (χ1) is 11.3. The summed E-state index contributed by atoms with van der Waals surface area (Å²) < 4.78 is 0. The summed E-state index contributed by atoms with van der Waals surface area (Å²) in [6.07, 6.45) is 8.22. The number of aromatic amines is 1. The number of allylic oxidation sites excluding steroid dienone is 2. The number of carbonyl (C=O) groups is 1. The molecule has 1 aliphatic rings. The Morgan fingerprint density at radius 3 is 2.61 bits per heavy atom. The van der Waals surface area contributed by atoms with E-state index >= 15 is 0 Å². The number of fused-ring (bicyclic) bond motifs is 1. The predicted octanol–water partition coefficient (Wildman–Crippen LogP) is 5.60. The fourth-order valence-corrected chi connectivity index (χ4v) is 3.40. The molecule has 114 valence electrons. The molecule has 23 heavy (non-hydrogen) atoms. The first-order valence-corrected chi connectivity index (χ1v) is 8.21. The van der Waals surface area contributed by atoms with Gasteiger partial charge in [0.1, 0.15) is 0 Å². The highest BCUT2D eigenvalue weighted by molar-refractivity contribution is 5.91. The smallest absolute Gasteiger partial charge is 0.166 e. The number of H-pyrrole nitrogens is 1. The van der Waals surface area contributed by atoms with E-state index < -0.39 is 0 Å². The van der Waals surface area contributed by atoms with Crippen molar-refractivity contribution in [2.45, 2.75) is 25.7 Å². The van der Waals surface area contributed by atoms with Gasteiger partial charge in [-0.1, -0.05) is 30.3 Å². The predicted molar refractivity (Wildman–Crippen MR) is 95.6 cm³/mol. The van der Waals surface area contributed by atoms with E-state index in [1.807, 2.05) is 12.1 Å². The Hall–Kier alpha value is -2.61. The molecule has 0 unspecified atom stereocenters. The summed E-state index contributed by atoms with van der Waals surface area (Å²) in [5.74, 6) is 0. The van der Waals surface area contributed by atoms with E-state index in [0.29, 0.717) is 5.69 Å². The molecule has 3 aromatic rings. The van der Waals surface area contributed by atoms with Gasteiger partial charge in [0.15, 0.2) is 6.29 Å². The van der Waals surface area contributed by atoms with Crippen LogP contribution in [-0.4, -0.2) is 11.3 Å². The maximum absolute atomic E-state index is 10.9. The number of carbonyl (C=O) groups excluding carboxylic acids is 1. The van der Waals surface area contributed by atoms with E-state index in [-0.39, 0.29) is 0 Å². The quantitative estimate of drug-likeness (QED) is 0.627. The number of aromatic nitrogens is 1. The normalized spacial score (nSPS) is 14.7. The average molecular weight is 301 g/mol. The fraction of sp³-hybridized carbons (Fsp3) is 0.190. The zero-order valence-electron chi connectivity index (χ0n) is 13.0. The lowest BCUT2D eigenvalue weighted by molar-refractivity contribution is 0.112. The molecule has 0 amide bonds. The first-order valence-electron chi connectivity index (χ1n) is 8.21. The SMILES string of the molecule is O=Cc1cc2cc(-c3cccc(C4=CCCCC4)c3)ccc2[nH]1. The van der Waals surface area contributed by atoms with Gasteiger partial charge in [-0.25, -0.2) is 0 Å². The van der Waals surface area contributed by atoms with Gasteiger partial charge in [-0.05, 0) is 72.2 Å². The molecule has 2 aromatic carbocycles. The van der Waals surface area contributed by atoms with Gasteiger partial charge in [0.25, 0.3) is 0 Å². The fourth-order valence-electron chi connectivity index (χ4n) is 3.40. The Morgan fingerprint density at radius 1 is 0.913 bits per heavy atom. The summed E-state index contributed by atoms with van der Waals surface area (Å²) in [4.78, 5) is 14.0. The first kappa shape index (κ1) is 14.0. The molecule has 0 radical (unpaired) electrons. The van der Waals surface area contributed by atoms with Gasteiger partial charge in [-0.3, -0.25) is 4.79 Å². The number of hydrogen-bond donors (Lipinski definition) is 1. The molecule has 1 N–H and O–H groups in total. The van der Waals surface area contributed by atoms with Crippen LogP contribution in [0.5, 0.6) is 0 Å². The van der Waals surface area contributed by atoms with Crippen molar-refractivity contribution in [3.63, 3.8) is 0 Å². The van der Waals surface area contributed by atoms with Crippen molar-refractivity contribution in [1.82, 2.24) is 4.98 Å². The minimum Gasteiger partial charge on any atom is -0.352 e. The van der Waals surface area contributed by atoms with Gasteiger partial charge in [-0.15, -0.1) is 0 Å². The van der Waals surface area contributed by atoms with Crippen LogP contribution < -0.4 is 0 Å². The van der Waals surface area contributed by atoms with Gasteiger partial charge in [0.2, 0.25) is 0 Å². The molecule has 0 bridgehead atoms. The minimum absolute atomic E-state index is 0.623. The van der Waals surface area contributed by atoms with E-state index in [4.69, 9.17) is 0 Å². The van der Waals surface area contributed by atoms with Crippen molar-refractivity contribution in [3.8, 4) is 11.1 Å². The lowest BCUT2D eigenvalue weighted by atomic mass is 9.91. The molecule has 0 atom stereocenters. The summed E-state index contributed by atoms with van der Waals surface area (Å²) in [5, 5.41) is 1.08. The average Bonchev–Trinajstić information content (AvgIpc) is 3.05. The molecule has 0 saturated carbocycles. The van der Waals surface area contributed by atoms with Crippen molar-refractivity contribution in [3.05, 3.63) is 65.9 Å². The number of benzene rings is 2. The van der Waals surface area contributed by atoms with Crippen LogP contribution in [0, 0.1) is 0 Å². The molecule has 1 aromatic heterocycles. The maximum Gasteiger partial charge on any atom is 0.166 e. The Bertz CT molecular complexity index is 901. The Kier molecular flexibility index (Phi) is 3.58. The van der Waals surface area contributed by atoms with Crippen molar-refractivity contribution in [2.24, 2.45) is 0 Å². The highest BCUT2D eigenvalue weighted by Crippen LogP contribution is 2.31. The van der Waals surface area contributed by atoms with Gasteiger partial charge < -0.3 is 4.98 Å². The Labute approximate surface area is 135 Å². The summed E-state index contributed by atoms with van der Waals surface area (Å²) in [6, 6.07) is 17.0. The van der Waals surface area contributed by atoms with Crippen LogP contribution in [0.2, 0.25) is 0 Å². The standard InChI is InChI=1S/C21H19NO/c23-14-20-13-19-12-18(9-10-21(19)22-20)17-8-4-7-16(11-17)15-5-2-1-3-6-15/h4-5,7-14,22H,1-3,6H2.